The first-order valence-corrected chi connectivity index (χ1v) is 6.07. The largest absolute Gasteiger partial charge is 0.333 e. The van der Waals surface area contributed by atoms with Crippen LogP contribution >= 0.6 is 15.9 Å². The molecule has 2 rings (SSSR count). The van der Waals surface area contributed by atoms with Crippen molar-refractivity contribution in [1.82, 2.24) is 14.9 Å². The molecule has 0 unspecified atom stereocenters. The first-order valence-electron chi connectivity index (χ1n) is 5.28. The molecule has 0 aliphatic heterocycles. The average molecular weight is 298 g/mol. The normalized spacial score (nSPS) is 10.8. The van der Waals surface area contributed by atoms with E-state index >= 15 is 0 Å². The first kappa shape index (κ1) is 12.3. The zero-order valence-electron chi connectivity index (χ0n) is 9.45. The Morgan fingerprint density at radius 3 is 3.00 bits per heavy atom. The summed E-state index contributed by atoms with van der Waals surface area (Å²) in [6.45, 7) is 1.43. The Balaban J connectivity index is 2.13. The Hall–Kier alpha value is -1.20. The number of benzene rings is 1. The summed E-state index contributed by atoms with van der Waals surface area (Å²) in [5.74, 6) is -0.234. The van der Waals surface area contributed by atoms with E-state index in [9.17, 15) is 4.39 Å². The van der Waals surface area contributed by atoms with Gasteiger partial charge in [0.1, 0.15) is 5.82 Å². The first-order chi connectivity index (χ1) is 8.19. The van der Waals surface area contributed by atoms with Crippen molar-refractivity contribution in [2.45, 2.75) is 13.1 Å². The van der Waals surface area contributed by atoms with Gasteiger partial charge >= 0.3 is 0 Å². The molecule has 0 bridgehead atoms. The molecular weight excluding hydrogens is 285 g/mol. The third kappa shape index (κ3) is 3.14. The molecule has 0 spiro atoms. The van der Waals surface area contributed by atoms with Crippen LogP contribution < -0.4 is 5.32 Å². The van der Waals surface area contributed by atoms with Crippen LogP contribution in [0, 0.1) is 5.82 Å². The number of imidazole rings is 1. The topological polar surface area (TPSA) is 29.9 Å². The van der Waals surface area contributed by atoms with Crippen molar-refractivity contribution in [2.24, 2.45) is 0 Å². The number of nitrogens with zero attached hydrogens (tertiary/aromatic N) is 2. The van der Waals surface area contributed by atoms with Gasteiger partial charge in [-0.1, -0.05) is 22.0 Å². The maximum Gasteiger partial charge on any atom is 0.124 e. The molecular formula is C12H13BrFN3. The SMILES string of the molecule is CNCc1cn(Cc2ccc(F)cc2Br)cn1. The van der Waals surface area contributed by atoms with Gasteiger partial charge in [0, 0.05) is 23.8 Å². The number of hydrogen-bond acceptors (Lipinski definition) is 2. The molecule has 1 aromatic carbocycles. The van der Waals surface area contributed by atoms with Gasteiger partial charge in [0.25, 0.3) is 0 Å². The minimum atomic E-state index is -0.234. The molecule has 90 valence electrons. The van der Waals surface area contributed by atoms with Crippen molar-refractivity contribution in [3.05, 3.63) is 52.3 Å². The van der Waals surface area contributed by atoms with E-state index in [4.69, 9.17) is 0 Å². The van der Waals surface area contributed by atoms with E-state index in [1.165, 1.54) is 12.1 Å². The van der Waals surface area contributed by atoms with Gasteiger partial charge in [0.15, 0.2) is 0 Å². The quantitative estimate of drug-likeness (QED) is 0.940. The van der Waals surface area contributed by atoms with Gasteiger partial charge in [-0.2, -0.15) is 0 Å². The lowest BCUT2D eigenvalue weighted by atomic mass is 10.2. The van der Waals surface area contributed by atoms with Crippen LogP contribution in [0.5, 0.6) is 0 Å². The van der Waals surface area contributed by atoms with Gasteiger partial charge in [0.2, 0.25) is 0 Å². The summed E-state index contributed by atoms with van der Waals surface area (Å²) in [5, 5.41) is 3.05. The maximum absolute atomic E-state index is 12.9. The number of aromatic nitrogens is 2. The fourth-order valence-electron chi connectivity index (χ4n) is 1.61. The lowest BCUT2D eigenvalue weighted by Gasteiger charge is -2.05. The monoisotopic (exact) mass is 297 g/mol. The smallest absolute Gasteiger partial charge is 0.124 e. The molecule has 0 saturated heterocycles. The fraction of sp³-hybridized carbons (Fsp3) is 0.250. The van der Waals surface area contributed by atoms with E-state index in [0.29, 0.717) is 6.54 Å². The van der Waals surface area contributed by atoms with Gasteiger partial charge in [-0.05, 0) is 24.7 Å². The second-order valence-corrected chi connectivity index (χ2v) is 4.66. The molecule has 0 aliphatic carbocycles. The third-order valence-corrected chi connectivity index (χ3v) is 3.15. The highest BCUT2D eigenvalue weighted by Gasteiger charge is 2.03. The Kier molecular flexibility index (Phi) is 3.91. The summed E-state index contributed by atoms with van der Waals surface area (Å²) in [6.07, 6.45) is 3.76. The Morgan fingerprint density at radius 2 is 2.29 bits per heavy atom. The molecule has 1 aromatic heterocycles. The Labute approximate surface area is 108 Å². The van der Waals surface area contributed by atoms with E-state index in [2.05, 4.69) is 26.2 Å². The summed E-state index contributed by atoms with van der Waals surface area (Å²) in [4.78, 5) is 4.26. The number of rotatable bonds is 4. The highest BCUT2D eigenvalue weighted by molar-refractivity contribution is 9.10. The molecule has 0 saturated carbocycles. The Morgan fingerprint density at radius 1 is 1.47 bits per heavy atom. The highest BCUT2D eigenvalue weighted by Crippen LogP contribution is 2.19. The molecule has 0 atom stereocenters. The van der Waals surface area contributed by atoms with E-state index in [1.807, 2.05) is 17.8 Å². The molecule has 0 amide bonds. The maximum atomic E-state index is 12.9. The van der Waals surface area contributed by atoms with Crippen LogP contribution in [0.4, 0.5) is 4.39 Å². The number of nitrogens with one attached hydrogen (secondary N) is 1. The lowest BCUT2D eigenvalue weighted by Crippen LogP contribution is -2.05. The van der Waals surface area contributed by atoms with Crippen molar-refractivity contribution in [2.75, 3.05) is 7.05 Å². The van der Waals surface area contributed by atoms with Crippen molar-refractivity contribution >= 4 is 15.9 Å². The summed E-state index contributed by atoms with van der Waals surface area (Å²) in [5.41, 5.74) is 2.02. The summed E-state index contributed by atoms with van der Waals surface area (Å²) < 4.78 is 15.7. The van der Waals surface area contributed by atoms with Crippen LogP contribution in [-0.4, -0.2) is 16.6 Å². The lowest BCUT2D eigenvalue weighted by molar-refractivity contribution is 0.625. The van der Waals surface area contributed by atoms with Gasteiger partial charge in [-0.25, -0.2) is 9.37 Å². The molecule has 3 nitrogen and oxygen atoms in total. The van der Waals surface area contributed by atoms with Crippen molar-refractivity contribution in [3.63, 3.8) is 0 Å². The van der Waals surface area contributed by atoms with Crippen LogP contribution in [0.2, 0.25) is 0 Å². The van der Waals surface area contributed by atoms with Crippen LogP contribution in [0.15, 0.2) is 35.2 Å². The number of hydrogen-bond donors (Lipinski definition) is 1. The molecule has 17 heavy (non-hydrogen) atoms. The van der Waals surface area contributed by atoms with Crippen molar-refractivity contribution in [3.8, 4) is 0 Å². The summed E-state index contributed by atoms with van der Waals surface area (Å²) in [7, 11) is 1.88. The van der Waals surface area contributed by atoms with E-state index in [-0.39, 0.29) is 5.82 Å². The van der Waals surface area contributed by atoms with Gasteiger partial charge < -0.3 is 9.88 Å². The average Bonchev–Trinajstić information content (AvgIpc) is 2.71. The molecule has 2 aromatic rings. The minimum absolute atomic E-state index is 0.234. The molecule has 0 radical (unpaired) electrons. The van der Waals surface area contributed by atoms with Crippen LogP contribution in [0.1, 0.15) is 11.3 Å². The van der Waals surface area contributed by atoms with Crippen LogP contribution in [0.25, 0.3) is 0 Å². The summed E-state index contributed by atoms with van der Waals surface area (Å²) in [6, 6.07) is 4.71. The van der Waals surface area contributed by atoms with Gasteiger partial charge in [-0.15, -0.1) is 0 Å². The zero-order valence-corrected chi connectivity index (χ0v) is 11.0. The van der Waals surface area contributed by atoms with E-state index < -0.39 is 0 Å². The van der Waals surface area contributed by atoms with E-state index in [0.717, 1.165) is 22.3 Å². The predicted molar refractivity (Wildman–Crippen MR) is 68.2 cm³/mol. The third-order valence-electron chi connectivity index (χ3n) is 2.41. The van der Waals surface area contributed by atoms with Crippen LogP contribution in [0.3, 0.4) is 0 Å². The van der Waals surface area contributed by atoms with Crippen LogP contribution in [-0.2, 0) is 13.1 Å². The molecule has 0 aliphatic rings. The van der Waals surface area contributed by atoms with Crippen molar-refractivity contribution in [1.29, 1.82) is 0 Å². The molecule has 1 N–H and O–H groups in total. The standard InChI is InChI=1S/C12H13BrFN3/c1-15-5-11-7-17(8-16-11)6-9-2-3-10(14)4-12(9)13/h2-4,7-8,15H,5-6H2,1H3. The van der Waals surface area contributed by atoms with E-state index in [1.54, 1.807) is 12.4 Å². The predicted octanol–water partition coefficient (Wildman–Crippen LogP) is 2.55. The van der Waals surface area contributed by atoms with Crippen molar-refractivity contribution < 1.29 is 4.39 Å². The number of halogens is 2. The molecule has 1 heterocycles. The zero-order chi connectivity index (χ0) is 12.3. The minimum Gasteiger partial charge on any atom is -0.333 e. The summed E-state index contributed by atoms with van der Waals surface area (Å²) >= 11 is 3.36. The second kappa shape index (κ2) is 5.42. The Bertz CT molecular complexity index is 510. The second-order valence-electron chi connectivity index (χ2n) is 3.80. The van der Waals surface area contributed by atoms with Gasteiger partial charge in [0.05, 0.1) is 12.0 Å². The fourth-order valence-corrected chi connectivity index (χ4v) is 2.09. The molecule has 5 heteroatoms. The molecule has 0 fully saturated rings. The highest BCUT2D eigenvalue weighted by atomic mass is 79.9. The van der Waals surface area contributed by atoms with Gasteiger partial charge in [-0.3, -0.25) is 0 Å².